The molecule has 17 heavy (non-hydrogen) atoms. The molecule has 0 spiro atoms. The molecule has 3 rings (SSSR count). The molecule has 0 aromatic heterocycles. The van der Waals surface area contributed by atoms with Crippen LogP contribution in [0.15, 0.2) is 0 Å². The summed E-state index contributed by atoms with van der Waals surface area (Å²) in [5.74, 6) is 0.970. The van der Waals surface area contributed by atoms with Gasteiger partial charge >= 0.3 is 0 Å². The van der Waals surface area contributed by atoms with Gasteiger partial charge in [-0.15, -0.1) is 0 Å². The van der Waals surface area contributed by atoms with E-state index in [1.54, 1.807) is 0 Å². The van der Waals surface area contributed by atoms with E-state index in [-0.39, 0.29) is 0 Å². The lowest BCUT2D eigenvalue weighted by atomic mass is 9.90. The predicted molar refractivity (Wildman–Crippen MR) is 68.9 cm³/mol. The first-order valence-corrected chi connectivity index (χ1v) is 7.65. The Morgan fingerprint density at radius 3 is 2.41 bits per heavy atom. The molecule has 2 nitrogen and oxygen atoms in total. The van der Waals surface area contributed by atoms with Gasteiger partial charge in [-0.25, -0.2) is 0 Å². The Balaban J connectivity index is 1.68. The highest BCUT2D eigenvalue weighted by Gasteiger charge is 2.40. The third-order valence-corrected chi connectivity index (χ3v) is 5.20. The topological polar surface area (TPSA) is 20.3 Å². The van der Waals surface area contributed by atoms with Crippen molar-refractivity contribution in [2.75, 3.05) is 6.54 Å². The van der Waals surface area contributed by atoms with Crippen LogP contribution in [-0.4, -0.2) is 29.3 Å². The first kappa shape index (κ1) is 11.7. The smallest absolute Gasteiger partial charge is 0.137 e. The highest BCUT2D eigenvalue weighted by Crippen LogP contribution is 2.37. The lowest BCUT2D eigenvalue weighted by Gasteiger charge is -2.37. The van der Waals surface area contributed by atoms with Gasteiger partial charge < -0.3 is 0 Å². The summed E-state index contributed by atoms with van der Waals surface area (Å²) in [5.41, 5.74) is 0. The molecule has 0 bridgehead atoms. The van der Waals surface area contributed by atoms with Crippen LogP contribution in [0.2, 0.25) is 0 Å². The Morgan fingerprint density at radius 2 is 1.71 bits per heavy atom. The highest BCUT2D eigenvalue weighted by molar-refractivity contribution is 5.83. The first-order chi connectivity index (χ1) is 8.36. The minimum atomic E-state index is 0.402. The highest BCUT2D eigenvalue weighted by atomic mass is 16.1. The standard InChI is InChI=1S/C15H25NO/c17-15-10-4-8-13(15)14-9-5-11-16(14)12-6-2-1-3-7-12/h12-14H,1-11H2. The van der Waals surface area contributed by atoms with Crippen molar-refractivity contribution in [3.05, 3.63) is 0 Å². The average molecular weight is 235 g/mol. The maximum atomic E-state index is 12.0. The third-order valence-electron chi connectivity index (χ3n) is 5.20. The first-order valence-electron chi connectivity index (χ1n) is 7.65. The quantitative estimate of drug-likeness (QED) is 0.733. The lowest BCUT2D eigenvalue weighted by Crippen LogP contribution is -2.44. The summed E-state index contributed by atoms with van der Waals surface area (Å²) in [6.45, 7) is 1.26. The summed E-state index contributed by atoms with van der Waals surface area (Å²) < 4.78 is 0. The maximum Gasteiger partial charge on any atom is 0.137 e. The van der Waals surface area contributed by atoms with Crippen molar-refractivity contribution in [3.63, 3.8) is 0 Å². The van der Waals surface area contributed by atoms with Crippen LogP contribution in [0.25, 0.3) is 0 Å². The molecule has 0 aromatic rings. The number of likely N-dealkylation sites (tertiary alicyclic amines) is 1. The Hall–Kier alpha value is -0.370. The van der Waals surface area contributed by atoms with E-state index in [0.717, 1.165) is 18.9 Å². The predicted octanol–water partition coefficient (Wildman–Crippen LogP) is 3.15. The number of carbonyl (C=O) groups is 1. The van der Waals surface area contributed by atoms with E-state index >= 15 is 0 Å². The number of Topliss-reactive ketones (excluding diaryl/α,β-unsaturated/α-hetero) is 1. The molecule has 3 fully saturated rings. The zero-order chi connectivity index (χ0) is 11.7. The van der Waals surface area contributed by atoms with Gasteiger partial charge in [0, 0.05) is 24.4 Å². The molecule has 2 aliphatic carbocycles. The van der Waals surface area contributed by atoms with E-state index in [1.165, 1.54) is 57.9 Å². The average Bonchev–Trinajstić information content (AvgIpc) is 2.98. The summed E-state index contributed by atoms with van der Waals surface area (Å²) in [6.07, 6.45) is 12.8. The monoisotopic (exact) mass is 235 g/mol. The van der Waals surface area contributed by atoms with Crippen LogP contribution in [0.1, 0.15) is 64.2 Å². The molecule has 2 unspecified atom stereocenters. The Morgan fingerprint density at radius 1 is 0.882 bits per heavy atom. The number of hydrogen-bond acceptors (Lipinski definition) is 2. The SMILES string of the molecule is O=C1CCCC1C1CCCN1C1CCCCC1. The molecule has 96 valence electrons. The molecule has 1 aliphatic heterocycles. The molecule has 3 aliphatic rings. The molecule has 0 aromatic carbocycles. The van der Waals surface area contributed by atoms with E-state index in [1.807, 2.05) is 0 Å². The van der Waals surface area contributed by atoms with E-state index in [9.17, 15) is 4.79 Å². The number of nitrogens with zero attached hydrogens (tertiary/aromatic N) is 1. The Labute approximate surface area is 105 Å². The maximum absolute atomic E-state index is 12.0. The van der Waals surface area contributed by atoms with Gasteiger partial charge in [-0.2, -0.15) is 0 Å². The number of ketones is 1. The summed E-state index contributed by atoms with van der Waals surface area (Å²) in [4.78, 5) is 14.7. The van der Waals surface area contributed by atoms with Crippen LogP contribution in [0.3, 0.4) is 0 Å². The minimum absolute atomic E-state index is 0.402. The van der Waals surface area contributed by atoms with Gasteiger partial charge in [-0.3, -0.25) is 9.69 Å². The van der Waals surface area contributed by atoms with Crippen molar-refractivity contribution in [1.29, 1.82) is 0 Å². The zero-order valence-electron chi connectivity index (χ0n) is 10.9. The third kappa shape index (κ3) is 2.29. The van der Waals surface area contributed by atoms with Crippen LogP contribution in [0.5, 0.6) is 0 Å². The van der Waals surface area contributed by atoms with Crippen molar-refractivity contribution >= 4 is 5.78 Å². The van der Waals surface area contributed by atoms with Crippen molar-refractivity contribution in [2.24, 2.45) is 5.92 Å². The number of carbonyl (C=O) groups excluding carboxylic acids is 1. The fraction of sp³-hybridized carbons (Fsp3) is 0.933. The van der Waals surface area contributed by atoms with Gasteiger partial charge in [-0.1, -0.05) is 19.3 Å². The molecular formula is C15H25NO. The zero-order valence-corrected chi connectivity index (χ0v) is 10.9. The van der Waals surface area contributed by atoms with E-state index in [2.05, 4.69) is 4.90 Å². The van der Waals surface area contributed by atoms with Gasteiger partial charge in [0.15, 0.2) is 0 Å². The summed E-state index contributed by atoms with van der Waals surface area (Å²) in [7, 11) is 0. The van der Waals surface area contributed by atoms with Gasteiger partial charge in [-0.05, 0) is 45.1 Å². The molecule has 1 saturated heterocycles. The number of hydrogen-bond donors (Lipinski definition) is 0. The molecule has 2 saturated carbocycles. The minimum Gasteiger partial charge on any atom is -0.299 e. The normalized spacial score (nSPS) is 36.8. The van der Waals surface area contributed by atoms with Crippen LogP contribution in [-0.2, 0) is 4.79 Å². The van der Waals surface area contributed by atoms with Gasteiger partial charge in [0.25, 0.3) is 0 Å². The Bertz CT molecular complexity index is 283. The summed E-state index contributed by atoms with van der Waals surface area (Å²) >= 11 is 0. The molecule has 0 radical (unpaired) electrons. The van der Waals surface area contributed by atoms with Crippen molar-refractivity contribution < 1.29 is 4.79 Å². The van der Waals surface area contributed by atoms with E-state index < -0.39 is 0 Å². The fourth-order valence-electron chi connectivity index (χ4n) is 4.36. The molecule has 0 amide bonds. The molecule has 1 heterocycles. The van der Waals surface area contributed by atoms with Gasteiger partial charge in [0.2, 0.25) is 0 Å². The Kier molecular flexibility index (Phi) is 3.51. The summed E-state index contributed by atoms with van der Waals surface area (Å²) in [5, 5.41) is 0. The largest absolute Gasteiger partial charge is 0.299 e. The molecular weight excluding hydrogens is 210 g/mol. The van der Waals surface area contributed by atoms with E-state index in [0.29, 0.717) is 17.7 Å². The van der Waals surface area contributed by atoms with Crippen LogP contribution >= 0.6 is 0 Å². The van der Waals surface area contributed by atoms with Crippen LogP contribution in [0.4, 0.5) is 0 Å². The molecule has 0 N–H and O–H groups in total. The molecule has 2 atom stereocenters. The molecule has 2 heteroatoms. The number of rotatable bonds is 2. The van der Waals surface area contributed by atoms with Gasteiger partial charge in [0.1, 0.15) is 5.78 Å². The second-order valence-corrected chi connectivity index (χ2v) is 6.20. The van der Waals surface area contributed by atoms with Crippen molar-refractivity contribution in [3.8, 4) is 0 Å². The van der Waals surface area contributed by atoms with Crippen molar-refractivity contribution in [1.82, 2.24) is 4.90 Å². The lowest BCUT2D eigenvalue weighted by molar-refractivity contribution is -0.122. The van der Waals surface area contributed by atoms with Crippen LogP contribution in [0, 0.1) is 5.92 Å². The summed E-state index contributed by atoms with van der Waals surface area (Å²) in [6, 6.07) is 1.43. The fourth-order valence-corrected chi connectivity index (χ4v) is 4.36. The van der Waals surface area contributed by atoms with Crippen LogP contribution < -0.4 is 0 Å². The van der Waals surface area contributed by atoms with E-state index in [4.69, 9.17) is 0 Å². The van der Waals surface area contributed by atoms with Gasteiger partial charge in [0.05, 0.1) is 0 Å². The van der Waals surface area contributed by atoms with Crippen molar-refractivity contribution in [2.45, 2.75) is 76.3 Å². The second kappa shape index (κ2) is 5.09. The second-order valence-electron chi connectivity index (χ2n) is 6.20.